The van der Waals surface area contributed by atoms with Crippen molar-refractivity contribution in [2.45, 2.75) is 52.5 Å². The number of aromatic nitrogens is 1. The van der Waals surface area contributed by atoms with Crippen molar-refractivity contribution in [3.63, 3.8) is 0 Å². The van der Waals surface area contributed by atoms with Gasteiger partial charge in [0.1, 0.15) is 0 Å². The Morgan fingerprint density at radius 3 is 2.60 bits per heavy atom. The molecule has 1 rings (SSSR count). The van der Waals surface area contributed by atoms with Crippen molar-refractivity contribution < 1.29 is 0 Å². The normalized spacial score (nSPS) is 15.6. The van der Waals surface area contributed by atoms with E-state index in [9.17, 15) is 0 Å². The molecule has 1 aromatic rings. The van der Waals surface area contributed by atoms with Crippen molar-refractivity contribution in [2.24, 2.45) is 11.7 Å². The third kappa shape index (κ3) is 3.58. The van der Waals surface area contributed by atoms with E-state index in [4.69, 9.17) is 5.73 Å². The van der Waals surface area contributed by atoms with Crippen molar-refractivity contribution in [2.75, 3.05) is 0 Å². The van der Waals surface area contributed by atoms with Gasteiger partial charge in [-0.15, -0.1) is 11.3 Å². The smallest absolute Gasteiger partial charge is 0.0956 e. The fraction of sp³-hybridized carbons (Fsp3) is 0.750. The van der Waals surface area contributed by atoms with Crippen LogP contribution in [0.2, 0.25) is 0 Å². The highest BCUT2D eigenvalue weighted by Crippen LogP contribution is 2.23. The Morgan fingerprint density at radius 2 is 2.07 bits per heavy atom. The summed E-state index contributed by atoms with van der Waals surface area (Å²) in [5.41, 5.74) is 7.19. The summed E-state index contributed by atoms with van der Waals surface area (Å²) in [6, 6.07) is 0.233. The van der Waals surface area contributed by atoms with Gasteiger partial charge in [-0.25, -0.2) is 4.98 Å². The molecule has 0 fully saturated rings. The van der Waals surface area contributed by atoms with Crippen LogP contribution in [0, 0.1) is 5.92 Å². The fourth-order valence-electron chi connectivity index (χ4n) is 1.29. The summed E-state index contributed by atoms with van der Waals surface area (Å²) in [4.78, 5) is 4.64. The molecule has 0 amide bonds. The van der Waals surface area contributed by atoms with Gasteiger partial charge in [0.05, 0.1) is 10.7 Å². The molecule has 2 unspecified atom stereocenters. The molecule has 0 saturated heterocycles. The van der Waals surface area contributed by atoms with E-state index in [1.807, 2.05) is 0 Å². The van der Waals surface area contributed by atoms with E-state index >= 15 is 0 Å². The summed E-state index contributed by atoms with van der Waals surface area (Å²) in [6.07, 6.45) is 2.06. The lowest BCUT2D eigenvalue weighted by Gasteiger charge is -2.13. The predicted molar refractivity (Wildman–Crippen MR) is 67.3 cm³/mol. The molecular weight excluding hydrogens is 204 g/mol. The van der Waals surface area contributed by atoms with Crippen LogP contribution in [0.3, 0.4) is 0 Å². The van der Waals surface area contributed by atoms with Gasteiger partial charge >= 0.3 is 0 Å². The number of nitrogens with two attached hydrogens (primary N) is 1. The third-order valence-electron chi connectivity index (χ3n) is 2.90. The first-order valence-electron chi connectivity index (χ1n) is 5.74. The second-order valence-electron chi connectivity index (χ2n) is 4.60. The summed E-state index contributed by atoms with van der Waals surface area (Å²) in [7, 11) is 0. The zero-order valence-electron chi connectivity index (χ0n) is 10.2. The number of rotatable bonds is 5. The van der Waals surface area contributed by atoms with Gasteiger partial charge in [0.15, 0.2) is 0 Å². The van der Waals surface area contributed by atoms with Crippen LogP contribution in [0.5, 0.6) is 0 Å². The highest BCUT2D eigenvalue weighted by atomic mass is 32.1. The van der Waals surface area contributed by atoms with Crippen LogP contribution < -0.4 is 5.73 Å². The number of thiazole rings is 1. The maximum Gasteiger partial charge on any atom is 0.0956 e. The van der Waals surface area contributed by atoms with Crippen LogP contribution in [-0.2, 0) is 6.42 Å². The lowest BCUT2D eigenvalue weighted by molar-refractivity contribution is 0.486. The minimum Gasteiger partial charge on any atom is -0.327 e. The van der Waals surface area contributed by atoms with Crippen molar-refractivity contribution in [1.82, 2.24) is 4.98 Å². The van der Waals surface area contributed by atoms with Gasteiger partial charge in [-0.2, -0.15) is 0 Å². The molecule has 15 heavy (non-hydrogen) atoms. The second-order valence-corrected chi connectivity index (χ2v) is 5.49. The zero-order chi connectivity index (χ0) is 11.4. The molecule has 3 heteroatoms. The van der Waals surface area contributed by atoms with E-state index in [1.165, 1.54) is 5.01 Å². The van der Waals surface area contributed by atoms with E-state index in [-0.39, 0.29) is 6.04 Å². The van der Waals surface area contributed by atoms with Crippen molar-refractivity contribution in [3.05, 3.63) is 16.1 Å². The predicted octanol–water partition coefficient (Wildman–Crippen LogP) is 3.18. The molecule has 0 aliphatic heterocycles. The van der Waals surface area contributed by atoms with Crippen molar-refractivity contribution in [3.8, 4) is 0 Å². The molecule has 0 bridgehead atoms. The first-order chi connectivity index (χ1) is 7.04. The maximum absolute atomic E-state index is 6.03. The van der Waals surface area contributed by atoms with Gasteiger partial charge < -0.3 is 5.73 Å². The second kappa shape index (κ2) is 5.61. The molecule has 0 aliphatic rings. The first kappa shape index (κ1) is 12.7. The Kier molecular flexibility index (Phi) is 4.74. The molecule has 0 spiro atoms. The van der Waals surface area contributed by atoms with Gasteiger partial charge in [-0.3, -0.25) is 0 Å². The Balaban J connectivity index is 2.60. The quantitative estimate of drug-likeness (QED) is 0.837. The molecule has 0 saturated carbocycles. The third-order valence-corrected chi connectivity index (χ3v) is 4.03. The van der Waals surface area contributed by atoms with Crippen LogP contribution in [0.15, 0.2) is 5.38 Å². The lowest BCUT2D eigenvalue weighted by Crippen LogP contribution is -2.28. The summed E-state index contributed by atoms with van der Waals surface area (Å²) in [5.74, 6) is 1.11. The summed E-state index contributed by atoms with van der Waals surface area (Å²) in [6.45, 7) is 8.75. The van der Waals surface area contributed by atoms with Gasteiger partial charge in [0.2, 0.25) is 0 Å². The largest absolute Gasteiger partial charge is 0.327 e. The molecule has 86 valence electrons. The minimum atomic E-state index is 0.233. The van der Waals surface area contributed by atoms with E-state index in [0.29, 0.717) is 11.8 Å². The molecule has 2 nitrogen and oxygen atoms in total. The van der Waals surface area contributed by atoms with E-state index in [2.05, 4.69) is 38.1 Å². The SMILES string of the molecule is CCC(C)c1nc(CC(N)C(C)C)cs1. The minimum absolute atomic E-state index is 0.233. The molecule has 0 radical (unpaired) electrons. The topological polar surface area (TPSA) is 38.9 Å². The Morgan fingerprint density at radius 1 is 1.40 bits per heavy atom. The van der Waals surface area contributed by atoms with Crippen molar-refractivity contribution in [1.29, 1.82) is 0 Å². The van der Waals surface area contributed by atoms with E-state index in [1.54, 1.807) is 11.3 Å². The van der Waals surface area contributed by atoms with Crippen LogP contribution in [-0.4, -0.2) is 11.0 Å². The first-order valence-corrected chi connectivity index (χ1v) is 6.62. The summed E-state index contributed by atoms with van der Waals surface area (Å²) < 4.78 is 0. The van der Waals surface area contributed by atoms with Crippen LogP contribution in [0.4, 0.5) is 0 Å². The number of nitrogens with zero attached hydrogens (tertiary/aromatic N) is 1. The van der Waals surface area contributed by atoms with Crippen LogP contribution >= 0.6 is 11.3 Å². The standard InChI is InChI=1S/C12H22N2S/c1-5-9(4)12-14-10(7-15-12)6-11(13)8(2)3/h7-9,11H,5-6,13H2,1-4H3. The van der Waals surface area contributed by atoms with Gasteiger partial charge in [-0.05, 0) is 12.3 Å². The fourth-order valence-corrected chi connectivity index (χ4v) is 2.27. The Hall–Kier alpha value is -0.410. The van der Waals surface area contributed by atoms with Crippen LogP contribution in [0.1, 0.15) is 50.7 Å². The van der Waals surface area contributed by atoms with E-state index < -0.39 is 0 Å². The maximum atomic E-state index is 6.03. The molecule has 0 aromatic carbocycles. The highest BCUT2D eigenvalue weighted by Gasteiger charge is 2.13. The van der Waals surface area contributed by atoms with Gasteiger partial charge in [-0.1, -0.05) is 27.7 Å². The molecule has 2 N–H and O–H groups in total. The molecular formula is C12H22N2S. The van der Waals surface area contributed by atoms with Crippen LogP contribution in [0.25, 0.3) is 0 Å². The highest BCUT2D eigenvalue weighted by molar-refractivity contribution is 7.09. The zero-order valence-corrected chi connectivity index (χ0v) is 11.0. The van der Waals surface area contributed by atoms with Gasteiger partial charge in [0.25, 0.3) is 0 Å². The molecule has 0 aliphatic carbocycles. The van der Waals surface area contributed by atoms with Gasteiger partial charge in [0, 0.05) is 23.8 Å². The summed E-state index contributed by atoms with van der Waals surface area (Å²) in [5, 5.41) is 3.41. The molecule has 1 heterocycles. The lowest BCUT2D eigenvalue weighted by atomic mass is 10.0. The monoisotopic (exact) mass is 226 g/mol. The summed E-state index contributed by atoms with van der Waals surface area (Å²) >= 11 is 1.77. The Labute approximate surface area is 96.9 Å². The Bertz CT molecular complexity index is 294. The average Bonchev–Trinajstić information content (AvgIpc) is 2.65. The molecule has 1 aromatic heterocycles. The number of hydrogen-bond donors (Lipinski definition) is 1. The number of hydrogen-bond acceptors (Lipinski definition) is 3. The van der Waals surface area contributed by atoms with Crippen molar-refractivity contribution >= 4 is 11.3 Å². The van der Waals surface area contributed by atoms with E-state index in [0.717, 1.165) is 18.5 Å². The molecule has 2 atom stereocenters. The average molecular weight is 226 g/mol.